The summed E-state index contributed by atoms with van der Waals surface area (Å²) in [5, 5.41) is 3.41. The SMILES string of the molecule is CC.CCOC(=O)COc1cc2c(c(NSI)c1)NC(C)C=C2. The average molecular weight is 450 g/mol. The highest BCUT2D eigenvalue weighted by atomic mass is 127. The van der Waals surface area contributed by atoms with Gasteiger partial charge < -0.3 is 19.5 Å². The van der Waals surface area contributed by atoms with Crippen molar-refractivity contribution in [3.05, 3.63) is 23.8 Å². The summed E-state index contributed by atoms with van der Waals surface area (Å²) >= 11 is 2.17. The summed E-state index contributed by atoms with van der Waals surface area (Å²) in [4.78, 5) is 11.4. The Balaban J connectivity index is 0.00000127. The van der Waals surface area contributed by atoms with Gasteiger partial charge in [-0.25, -0.2) is 4.79 Å². The van der Waals surface area contributed by atoms with Crippen molar-refractivity contribution in [1.82, 2.24) is 0 Å². The molecule has 0 saturated heterocycles. The summed E-state index contributed by atoms with van der Waals surface area (Å²) < 4.78 is 13.6. The van der Waals surface area contributed by atoms with Gasteiger partial charge in [0.1, 0.15) is 5.75 Å². The highest BCUT2D eigenvalue weighted by Crippen LogP contribution is 2.37. The minimum atomic E-state index is -0.365. The summed E-state index contributed by atoms with van der Waals surface area (Å²) in [5.41, 5.74) is 3.00. The van der Waals surface area contributed by atoms with Crippen LogP contribution < -0.4 is 14.8 Å². The minimum Gasteiger partial charge on any atom is -0.482 e. The van der Waals surface area contributed by atoms with Gasteiger partial charge in [-0.05, 0) is 19.9 Å². The molecule has 1 heterocycles. The zero-order chi connectivity index (χ0) is 17.2. The van der Waals surface area contributed by atoms with Gasteiger partial charge in [0.05, 0.1) is 18.0 Å². The molecule has 1 atom stereocenters. The van der Waals surface area contributed by atoms with E-state index in [1.807, 2.05) is 26.0 Å². The summed E-state index contributed by atoms with van der Waals surface area (Å²) in [6.45, 7) is 8.13. The normalized spacial score (nSPS) is 14.7. The minimum absolute atomic E-state index is 0.0863. The van der Waals surface area contributed by atoms with Gasteiger partial charge in [0.25, 0.3) is 0 Å². The molecule has 5 nitrogen and oxygen atoms in total. The van der Waals surface area contributed by atoms with E-state index in [4.69, 9.17) is 9.47 Å². The van der Waals surface area contributed by atoms with Gasteiger partial charge in [-0.15, -0.1) is 0 Å². The number of carbonyl (C=O) groups excluding carboxylic acids is 1. The number of carbonyl (C=O) groups is 1. The number of hydrogen-bond donors (Lipinski definition) is 2. The zero-order valence-electron chi connectivity index (χ0n) is 13.8. The van der Waals surface area contributed by atoms with Gasteiger partial charge >= 0.3 is 5.97 Å². The molecule has 0 spiro atoms. The molecule has 0 bridgehead atoms. The van der Waals surface area contributed by atoms with Gasteiger partial charge in [0, 0.05) is 48.0 Å². The van der Waals surface area contributed by atoms with Crippen molar-refractivity contribution in [2.24, 2.45) is 0 Å². The van der Waals surface area contributed by atoms with E-state index < -0.39 is 0 Å². The lowest BCUT2D eigenvalue weighted by atomic mass is 10.0. The summed E-state index contributed by atoms with van der Waals surface area (Å²) in [6.07, 6.45) is 4.13. The Morgan fingerprint density at radius 2 is 2.17 bits per heavy atom. The maximum Gasteiger partial charge on any atom is 0.344 e. The molecule has 0 fully saturated rings. The smallest absolute Gasteiger partial charge is 0.344 e. The molecule has 128 valence electrons. The Bertz CT molecular complexity index is 552. The van der Waals surface area contributed by atoms with Crippen molar-refractivity contribution in [3.8, 4) is 5.75 Å². The Labute approximate surface area is 154 Å². The summed E-state index contributed by atoms with van der Waals surface area (Å²) in [7, 11) is 1.48. The first-order valence-corrected chi connectivity index (χ1v) is 10.9. The first kappa shape index (κ1) is 20.0. The topological polar surface area (TPSA) is 59.6 Å². The van der Waals surface area contributed by atoms with E-state index >= 15 is 0 Å². The van der Waals surface area contributed by atoms with Crippen LogP contribution in [0.15, 0.2) is 18.2 Å². The van der Waals surface area contributed by atoms with Crippen molar-refractivity contribution >= 4 is 53.7 Å². The Morgan fingerprint density at radius 3 is 2.83 bits per heavy atom. The lowest BCUT2D eigenvalue weighted by molar-refractivity contribution is -0.145. The van der Waals surface area contributed by atoms with E-state index in [1.165, 1.54) is 9.12 Å². The molecule has 1 aromatic rings. The second-order valence-corrected chi connectivity index (χ2v) is 6.18. The molecular weight excluding hydrogens is 427 g/mol. The molecule has 0 aromatic heterocycles. The third kappa shape index (κ3) is 6.14. The molecular formula is C16H23IN2O3S. The highest BCUT2D eigenvalue weighted by molar-refractivity contribution is 14.2. The van der Waals surface area contributed by atoms with Crippen molar-refractivity contribution in [3.63, 3.8) is 0 Å². The number of halogens is 1. The zero-order valence-corrected chi connectivity index (χ0v) is 16.8. The second kappa shape index (κ2) is 10.6. The van der Waals surface area contributed by atoms with Crippen LogP contribution in [0.1, 0.15) is 33.3 Å². The van der Waals surface area contributed by atoms with Gasteiger partial charge in [-0.2, -0.15) is 0 Å². The lowest BCUT2D eigenvalue weighted by Gasteiger charge is -2.23. The second-order valence-electron chi connectivity index (χ2n) is 4.50. The fourth-order valence-electron chi connectivity index (χ4n) is 2.00. The summed E-state index contributed by atoms with van der Waals surface area (Å²) in [6, 6.07) is 4.07. The monoisotopic (exact) mass is 450 g/mol. The standard InChI is InChI=1S/C14H17IN2O3S.C2H6/c1-3-19-13(18)8-20-11-6-10-5-4-9(2)16-14(10)12(7-11)17-21-15;1-2/h4-7,9,16-17H,3,8H2,1-2H3;1-2H3. The van der Waals surface area contributed by atoms with Crippen molar-refractivity contribution < 1.29 is 14.3 Å². The van der Waals surface area contributed by atoms with E-state index in [-0.39, 0.29) is 18.6 Å². The Morgan fingerprint density at radius 1 is 1.43 bits per heavy atom. The van der Waals surface area contributed by atoms with Crippen LogP contribution in [0.5, 0.6) is 5.75 Å². The third-order valence-corrected chi connectivity index (χ3v) is 3.85. The number of esters is 1. The maximum absolute atomic E-state index is 11.4. The van der Waals surface area contributed by atoms with Crippen LogP contribution in [0, 0.1) is 0 Å². The maximum atomic E-state index is 11.4. The molecule has 7 heteroatoms. The van der Waals surface area contributed by atoms with Crippen molar-refractivity contribution in [1.29, 1.82) is 0 Å². The number of fused-ring (bicyclic) bond motifs is 1. The van der Waals surface area contributed by atoms with Crippen LogP contribution in [-0.2, 0) is 9.53 Å². The van der Waals surface area contributed by atoms with Crippen LogP contribution >= 0.6 is 30.3 Å². The predicted molar refractivity (Wildman–Crippen MR) is 107 cm³/mol. The van der Waals surface area contributed by atoms with E-state index in [1.54, 1.807) is 6.92 Å². The molecule has 0 aliphatic carbocycles. The van der Waals surface area contributed by atoms with Crippen molar-refractivity contribution in [2.75, 3.05) is 23.3 Å². The van der Waals surface area contributed by atoms with Gasteiger partial charge in [-0.3, -0.25) is 0 Å². The van der Waals surface area contributed by atoms with Gasteiger partial charge in [0.2, 0.25) is 0 Å². The van der Waals surface area contributed by atoms with Crippen LogP contribution in [0.25, 0.3) is 6.08 Å². The van der Waals surface area contributed by atoms with Crippen molar-refractivity contribution in [2.45, 2.75) is 33.7 Å². The number of anilines is 2. The Hall–Kier alpha value is -1.09. The number of nitrogens with one attached hydrogen (secondary N) is 2. The third-order valence-electron chi connectivity index (χ3n) is 2.89. The molecule has 0 amide bonds. The first-order chi connectivity index (χ1) is 11.1. The van der Waals surface area contributed by atoms with E-state index in [0.717, 1.165) is 16.9 Å². The largest absolute Gasteiger partial charge is 0.482 e. The molecule has 1 aliphatic rings. The van der Waals surface area contributed by atoms with E-state index in [9.17, 15) is 4.79 Å². The molecule has 1 unspecified atom stereocenters. The predicted octanol–water partition coefficient (Wildman–Crippen LogP) is 4.89. The number of ether oxygens (including phenoxy) is 2. The number of benzene rings is 1. The quantitative estimate of drug-likeness (QED) is 0.366. The molecule has 1 aliphatic heterocycles. The van der Waals surface area contributed by atoms with Crippen LogP contribution in [0.3, 0.4) is 0 Å². The van der Waals surface area contributed by atoms with E-state index in [2.05, 4.69) is 50.3 Å². The van der Waals surface area contributed by atoms with E-state index in [0.29, 0.717) is 12.4 Å². The molecule has 1 aromatic carbocycles. The summed E-state index contributed by atoms with van der Waals surface area (Å²) in [5.74, 6) is 0.269. The Kier molecular flexibility index (Phi) is 9.23. The fourth-order valence-corrected chi connectivity index (χ4v) is 2.96. The number of hydrogen-bond acceptors (Lipinski definition) is 6. The fraction of sp³-hybridized carbons (Fsp3) is 0.438. The molecule has 0 radical (unpaired) electrons. The molecule has 0 saturated carbocycles. The molecule has 23 heavy (non-hydrogen) atoms. The highest BCUT2D eigenvalue weighted by Gasteiger charge is 2.16. The lowest BCUT2D eigenvalue weighted by Crippen LogP contribution is -2.18. The van der Waals surface area contributed by atoms with Crippen LogP contribution in [0.4, 0.5) is 11.4 Å². The average Bonchev–Trinajstić information content (AvgIpc) is 2.56. The number of rotatable bonds is 6. The van der Waals surface area contributed by atoms with Crippen LogP contribution in [-0.4, -0.2) is 25.2 Å². The first-order valence-electron chi connectivity index (χ1n) is 7.58. The van der Waals surface area contributed by atoms with Gasteiger partial charge in [-0.1, -0.05) is 26.0 Å². The molecule has 2 N–H and O–H groups in total. The van der Waals surface area contributed by atoms with Crippen LogP contribution in [0.2, 0.25) is 0 Å². The van der Waals surface area contributed by atoms with Gasteiger partial charge in [0.15, 0.2) is 6.61 Å². The molecule has 2 rings (SSSR count).